The number of fused-ring (bicyclic) bond motifs is 1. The molecule has 1 aromatic heterocycles. The largest absolute Gasteiger partial charge is 0.322 e. The number of rotatable bonds is 0. The van der Waals surface area contributed by atoms with Crippen molar-refractivity contribution in [2.75, 3.05) is 0 Å². The fraction of sp³-hybridized carbons (Fsp3) is 0. The smallest absolute Gasteiger partial charge is 0.250 e. The number of amides is 2. The van der Waals surface area contributed by atoms with Gasteiger partial charge < -0.3 is 4.98 Å². The summed E-state index contributed by atoms with van der Waals surface area (Å²) in [5.41, 5.74) is 0.837. The molecule has 1 aliphatic heterocycles. The molecule has 0 fully saturated rings. The van der Waals surface area contributed by atoms with Crippen molar-refractivity contribution < 1.29 is 9.59 Å². The van der Waals surface area contributed by atoms with E-state index in [-0.39, 0.29) is 17.4 Å². The first-order chi connectivity index (χ1) is 8.65. The Morgan fingerprint density at radius 3 is 2.06 bits per heavy atom. The van der Waals surface area contributed by atoms with E-state index in [1.165, 1.54) is 18.2 Å². The molecule has 1 aromatic carbocycles. The lowest BCUT2D eigenvalue weighted by Gasteiger charge is -1.93. The summed E-state index contributed by atoms with van der Waals surface area (Å²) < 4.78 is 0. The molecule has 5 nitrogen and oxygen atoms in total. The highest BCUT2D eigenvalue weighted by Gasteiger charge is 2.06. The maximum absolute atomic E-state index is 10.8. The van der Waals surface area contributed by atoms with Gasteiger partial charge in [-0.1, -0.05) is 18.2 Å². The molecule has 0 atom stereocenters. The van der Waals surface area contributed by atoms with Crippen molar-refractivity contribution in [3.05, 3.63) is 58.9 Å². The van der Waals surface area contributed by atoms with Gasteiger partial charge in [0.2, 0.25) is 5.56 Å². The van der Waals surface area contributed by atoms with Crippen LogP contribution in [-0.2, 0) is 9.59 Å². The molecule has 18 heavy (non-hydrogen) atoms. The Balaban J connectivity index is 0.000000149. The summed E-state index contributed by atoms with van der Waals surface area (Å²) in [6.45, 7) is 0. The van der Waals surface area contributed by atoms with Gasteiger partial charge in [-0.05, 0) is 17.5 Å². The topological polar surface area (TPSA) is 79.0 Å². The first-order valence-electron chi connectivity index (χ1n) is 5.26. The number of imide groups is 1. The minimum Gasteiger partial charge on any atom is -0.322 e. The van der Waals surface area contributed by atoms with Crippen LogP contribution in [0.15, 0.2) is 53.3 Å². The lowest BCUT2D eigenvalue weighted by atomic mass is 10.2. The molecule has 5 heteroatoms. The van der Waals surface area contributed by atoms with E-state index in [4.69, 9.17) is 0 Å². The summed E-state index contributed by atoms with van der Waals surface area (Å²) in [7, 11) is 0. The first-order valence-corrected chi connectivity index (χ1v) is 5.26. The zero-order valence-electron chi connectivity index (χ0n) is 9.34. The molecule has 2 N–H and O–H groups in total. The quantitative estimate of drug-likeness (QED) is 0.668. The minimum absolute atomic E-state index is 0.0521. The van der Waals surface area contributed by atoms with E-state index < -0.39 is 0 Å². The lowest BCUT2D eigenvalue weighted by molar-refractivity contribution is -0.123. The van der Waals surface area contributed by atoms with Gasteiger partial charge in [-0.3, -0.25) is 19.7 Å². The van der Waals surface area contributed by atoms with Crippen LogP contribution in [0.25, 0.3) is 10.9 Å². The Hall–Kier alpha value is -2.69. The highest BCUT2D eigenvalue weighted by molar-refractivity contribution is 6.12. The number of aromatic nitrogens is 1. The number of para-hydroxylation sites is 1. The van der Waals surface area contributed by atoms with E-state index in [0.29, 0.717) is 0 Å². The third-order valence-corrected chi connectivity index (χ3v) is 2.27. The van der Waals surface area contributed by atoms with Crippen molar-refractivity contribution in [1.82, 2.24) is 10.3 Å². The third-order valence-electron chi connectivity index (χ3n) is 2.27. The molecule has 3 rings (SSSR count). The van der Waals surface area contributed by atoms with Crippen LogP contribution in [-0.4, -0.2) is 16.8 Å². The van der Waals surface area contributed by atoms with Gasteiger partial charge in [-0.2, -0.15) is 0 Å². The Bertz CT molecular complexity index is 670. The first kappa shape index (κ1) is 11.8. The van der Waals surface area contributed by atoms with Crippen molar-refractivity contribution in [2.45, 2.75) is 0 Å². The maximum Gasteiger partial charge on any atom is 0.250 e. The highest BCUT2D eigenvalue weighted by Crippen LogP contribution is 2.06. The summed E-state index contributed by atoms with van der Waals surface area (Å²) in [6, 6.07) is 11.0. The molecule has 2 aromatic rings. The van der Waals surface area contributed by atoms with Gasteiger partial charge in [0.05, 0.1) is 0 Å². The number of aromatic amines is 1. The van der Waals surface area contributed by atoms with Crippen LogP contribution in [0.4, 0.5) is 0 Å². The average Bonchev–Trinajstić information content (AvgIpc) is 2.74. The monoisotopic (exact) mass is 242 g/mol. The van der Waals surface area contributed by atoms with Gasteiger partial charge in [0.1, 0.15) is 0 Å². The van der Waals surface area contributed by atoms with Crippen LogP contribution in [0.1, 0.15) is 0 Å². The minimum atomic E-state index is -0.329. The van der Waals surface area contributed by atoms with Crippen molar-refractivity contribution in [3.8, 4) is 0 Å². The number of hydrogen-bond donors (Lipinski definition) is 2. The number of carbonyl (C=O) groups is 2. The van der Waals surface area contributed by atoms with Crippen LogP contribution in [0.2, 0.25) is 0 Å². The summed E-state index contributed by atoms with van der Waals surface area (Å²) in [5.74, 6) is -0.657. The zero-order chi connectivity index (χ0) is 13.0. The van der Waals surface area contributed by atoms with Crippen molar-refractivity contribution in [1.29, 1.82) is 0 Å². The fourth-order valence-electron chi connectivity index (χ4n) is 1.45. The molecule has 1 aliphatic rings. The molecule has 90 valence electrons. The highest BCUT2D eigenvalue weighted by atomic mass is 16.2. The van der Waals surface area contributed by atoms with E-state index in [0.717, 1.165) is 10.9 Å². The lowest BCUT2D eigenvalue weighted by Crippen LogP contribution is -2.19. The van der Waals surface area contributed by atoms with Crippen molar-refractivity contribution in [3.63, 3.8) is 0 Å². The molecule has 0 spiro atoms. The van der Waals surface area contributed by atoms with Crippen LogP contribution >= 0.6 is 0 Å². The van der Waals surface area contributed by atoms with Gasteiger partial charge in [-0.25, -0.2) is 0 Å². The molecular formula is C13H10N2O3. The van der Waals surface area contributed by atoms with E-state index in [2.05, 4.69) is 4.98 Å². The van der Waals surface area contributed by atoms with Crippen LogP contribution in [0.3, 0.4) is 0 Å². The Morgan fingerprint density at radius 1 is 0.778 bits per heavy atom. The van der Waals surface area contributed by atoms with E-state index in [9.17, 15) is 14.4 Å². The van der Waals surface area contributed by atoms with Crippen LogP contribution in [0.5, 0.6) is 0 Å². The van der Waals surface area contributed by atoms with Crippen molar-refractivity contribution in [2.24, 2.45) is 0 Å². The van der Waals surface area contributed by atoms with Gasteiger partial charge >= 0.3 is 0 Å². The molecule has 0 saturated heterocycles. The average molecular weight is 242 g/mol. The summed E-state index contributed by atoms with van der Waals surface area (Å²) in [6.07, 6.45) is 2.39. The maximum atomic E-state index is 10.8. The second-order valence-corrected chi connectivity index (χ2v) is 3.60. The van der Waals surface area contributed by atoms with E-state index in [1.54, 1.807) is 0 Å². The molecule has 2 amide bonds. The van der Waals surface area contributed by atoms with Gasteiger partial charge in [0.25, 0.3) is 11.8 Å². The predicted octanol–water partition coefficient (Wildman–Crippen LogP) is 0.727. The number of nitrogens with one attached hydrogen (secondary N) is 2. The van der Waals surface area contributed by atoms with Crippen LogP contribution in [0, 0.1) is 0 Å². The standard InChI is InChI=1S/C9H7NO.C4H3NO2/c11-9-6-5-7-3-1-2-4-8(7)10-9;6-3-1-2-4(7)5-3/h1-6H,(H,10,11);1-2H,(H,5,6,7). The number of carbonyl (C=O) groups excluding carboxylic acids is 2. The molecule has 0 unspecified atom stereocenters. The van der Waals surface area contributed by atoms with Crippen LogP contribution < -0.4 is 10.9 Å². The predicted molar refractivity (Wildman–Crippen MR) is 66.9 cm³/mol. The van der Waals surface area contributed by atoms with E-state index in [1.807, 2.05) is 35.6 Å². The van der Waals surface area contributed by atoms with Crippen molar-refractivity contribution >= 4 is 22.7 Å². The molecule has 0 saturated carbocycles. The molecule has 0 radical (unpaired) electrons. The van der Waals surface area contributed by atoms with Gasteiger partial charge in [0, 0.05) is 23.7 Å². The Labute approximate surface area is 102 Å². The molecule has 0 bridgehead atoms. The Kier molecular flexibility index (Phi) is 3.33. The fourth-order valence-corrected chi connectivity index (χ4v) is 1.45. The molecular weight excluding hydrogens is 232 g/mol. The number of H-pyrrole nitrogens is 1. The Morgan fingerprint density at radius 2 is 1.44 bits per heavy atom. The second-order valence-electron chi connectivity index (χ2n) is 3.60. The molecule has 2 heterocycles. The number of benzene rings is 1. The summed E-state index contributed by atoms with van der Waals surface area (Å²) in [4.78, 5) is 33.6. The van der Waals surface area contributed by atoms with E-state index >= 15 is 0 Å². The summed E-state index contributed by atoms with van der Waals surface area (Å²) in [5, 5.41) is 3.09. The SMILES string of the molecule is O=C1C=CC(=O)N1.O=c1ccc2ccccc2[nH]1. The normalized spacial score (nSPS) is 13.1. The van der Waals surface area contributed by atoms with Gasteiger partial charge in [-0.15, -0.1) is 0 Å². The molecule has 0 aliphatic carbocycles. The number of pyridine rings is 1. The number of hydrogen-bond acceptors (Lipinski definition) is 3. The third kappa shape index (κ3) is 2.91. The zero-order valence-corrected chi connectivity index (χ0v) is 9.34. The second kappa shape index (κ2) is 5.09. The van der Waals surface area contributed by atoms with Gasteiger partial charge in [0.15, 0.2) is 0 Å². The summed E-state index contributed by atoms with van der Waals surface area (Å²) >= 11 is 0.